The Labute approximate surface area is 144 Å². The average Bonchev–Trinajstić information content (AvgIpc) is 2.61. The summed E-state index contributed by atoms with van der Waals surface area (Å²) >= 11 is 0. The predicted molar refractivity (Wildman–Crippen MR) is 91.2 cm³/mol. The highest BCUT2D eigenvalue weighted by molar-refractivity contribution is 6.04. The summed E-state index contributed by atoms with van der Waals surface area (Å²) in [6, 6.07) is 14.6. The van der Waals surface area contributed by atoms with E-state index in [1.807, 2.05) is 23.5 Å². The van der Waals surface area contributed by atoms with Gasteiger partial charge in [0, 0.05) is 0 Å². The van der Waals surface area contributed by atoms with Crippen LogP contribution in [0.1, 0.15) is 22.8 Å². The van der Waals surface area contributed by atoms with Crippen molar-refractivity contribution in [3.8, 4) is 0 Å². The van der Waals surface area contributed by atoms with Gasteiger partial charge in [0.05, 0.1) is 17.9 Å². The molecule has 0 fully saturated rings. The molecule has 2 rings (SSSR count). The molecule has 0 bridgehead atoms. The van der Waals surface area contributed by atoms with E-state index in [9.17, 15) is 14.4 Å². The number of alkyl carbamates (subject to hydrolysis) is 1. The summed E-state index contributed by atoms with van der Waals surface area (Å²) in [7, 11) is 0. The molecule has 0 unspecified atom stereocenters. The molecule has 0 saturated carbocycles. The van der Waals surface area contributed by atoms with Crippen molar-refractivity contribution in [1.82, 2.24) is 5.32 Å². The van der Waals surface area contributed by atoms with E-state index < -0.39 is 18.1 Å². The Morgan fingerprint density at radius 3 is 2.32 bits per heavy atom. The van der Waals surface area contributed by atoms with Gasteiger partial charge in [-0.1, -0.05) is 42.5 Å². The largest absolute Gasteiger partial charge is 0.462 e. The van der Waals surface area contributed by atoms with Gasteiger partial charge >= 0.3 is 18.1 Å². The van der Waals surface area contributed by atoms with Gasteiger partial charge < -0.3 is 14.8 Å². The van der Waals surface area contributed by atoms with Crippen LogP contribution in [0.2, 0.25) is 0 Å². The maximum Gasteiger partial charge on any atom is 0.415 e. The summed E-state index contributed by atoms with van der Waals surface area (Å²) < 4.78 is 9.87. The van der Waals surface area contributed by atoms with Crippen LogP contribution in [-0.4, -0.2) is 24.7 Å². The van der Waals surface area contributed by atoms with Gasteiger partial charge in [-0.15, -0.1) is 0 Å². The highest BCUT2D eigenvalue weighted by atomic mass is 16.5. The highest BCUT2D eigenvalue weighted by Crippen LogP contribution is 2.16. The third-order valence-electron chi connectivity index (χ3n) is 3.10. The fourth-order valence-electron chi connectivity index (χ4n) is 1.98. The smallest absolute Gasteiger partial charge is 0.415 e. The van der Waals surface area contributed by atoms with Crippen molar-refractivity contribution in [2.24, 2.45) is 0 Å². The van der Waals surface area contributed by atoms with Gasteiger partial charge in [-0.2, -0.15) is 0 Å². The number of esters is 1. The molecule has 0 aliphatic heterocycles. The summed E-state index contributed by atoms with van der Waals surface area (Å²) in [5, 5.41) is 4.46. The van der Waals surface area contributed by atoms with Crippen LogP contribution in [0.5, 0.6) is 0 Å². The Kier molecular flexibility index (Phi) is 6.53. The number of hydrogen-bond donors (Lipinski definition) is 2. The molecule has 0 spiro atoms. The Morgan fingerprint density at radius 2 is 1.60 bits per heavy atom. The van der Waals surface area contributed by atoms with Crippen molar-refractivity contribution < 1.29 is 23.9 Å². The van der Waals surface area contributed by atoms with E-state index in [0.29, 0.717) is 0 Å². The molecule has 7 heteroatoms. The van der Waals surface area contributed by atoms with E-state index in [4.69, 9.17) is 9.47 Å². The standard InChI is InChI=1S/C18H18N2O5/c1-2-24-16(21)14-10-6-7-11-15(14)19-17(22)20-18(23)25-12-13-8-4-3-5-9-13/h3-11H,2,12H2,1H3,(H2,19,20,22,23). The zero-order chi connectivity index (χ0) is 18.1. The monoisotopic (exact) mass is 342 g/mol. The maximum atomic E-state index is 11.9. The molecule has 0 atom stereocenters. The third kappa shape index (κ3) is 5.65. The lowest BCUT2D eigenvalue weighted by Gasteiger charge is -2.11. The van der Waals surface area contributed by atoms with Gasteiger partial charge in [-0.3, -0.25) is 0 Å². The van der Waals surface area contributed by atoms with Crippen molar-refractivity contribution in [2.75, 3.05) is 11.9 Å². The molecule has 7 nitrogen and oxygen atoms in total. The van der Waals surface area contributed by atoms with Crippen LogP contribution >= 0.6 is 0 Å². The molecule has 2 N–H and O–H groups in total. The van der Waals surface area contributed by atoms with E-state index >= 15 is 0 Å². The second-order valence-corrected chi connectivity index (χ2v) is 4.91. The minimum Gasteiger partial charge on any atom is -0.462 e. The van der Waals surface area contributed by atoms with Crippen molar-refractivity contribution in [2.45, 2.75) is 13.5 Å². The minimum absolute atomic E-state index is 0.0410. The van der Waals surface area contributed by atoms with Crippen LogP contribution in [-0.2, 0) is 16.1 Å². The summed E-state index contributed by atoms with van der Waals surface area (Å²) in [4.78, 5) is 35.4. The number of para-hydroxylation sites is 1. The summed E-state index contributed by atoms with van der Waals surface area (Å²) in [6.07, 6.45) is -0.894. The van der Waals surface area contributed by atoms with E-state index in [-0.39, 0.29) is 24.5 Å². The first kappa shape index (κ1) is 18.0. The van der Waals surface area contributed by atoms with Crippen molar-refractivity contribution in [1.29, 1.82) is 0 Å². The predicted octanol–water partition coefficient (Wildman–Crippen LogP) is 3.32. The lowest BCUT2D eigenvalue weighted by atomic mass is 10.2. The van der Waals surface area contributed by atoms with Crippen LogP contribution < -0.4 is 10.6 Å². The number of benzene rings is 2. The van der Waals surface area contributed by atoms with Gasteiger partial charge in [-0.25, -0.2) is 19.7 Å². The Balaban J connectivity index is 1.89. The van der Waals surface area contributed by atoms with Crippen LogP contribution in [0.15, 0.2) is 54.6 Å². The topological polar surface area (TPSA) is 93.7 Å². The Bertz CT molecular complexity index is 746. The number of carbonyl (C=O) groups is 3. The van der Waals surface area contributed by atoms with Crippen LogP contribution in [0.4, 0.5) is 15.3 Å². The molecular formula is C18H18N2O5. The molecule has 0 aromatic heterocycles. The first-order valence-electron chi connectivity index (χ1n) is 7.65. The zero-order valence-electron chi connectivity index (χ0n) is 13.7. The fraction of sp³-hybridized carbons (Fsp3) is 0.167. The number of hydrogen-bond acceptors (Lipinski definition) is 5. The molecule has 2 aromatic carbocycles. The molecule has 130 valence electrons. The SMILES string of the molecule is CCOC(=O)c1ccccc1NC(=O)NC(=O)OCc1ccccc1. The lowest BCUT2D eigenvalue weighted by molar-refractivity contribution is 0.0527. The van der Waals surface area contributed by atoms with Gasteiger partial charge in [0.15, 0.2) is 0 Å². The summed E-state index contributed by atoms with van der Waals surface area (Å²) in [5.74, 6) is -0.565. The van der Waals surface area contributed by atoms with Crippen molar-refractivity contribution in [3.63, 3.8) is 0 Å². The minimum atomic E-state index is -0.894. The molecule has 2 aromatic rings. The molecule has 0 aliphatic carbocycles. The Morgan fingerprint density at radius 1 is 0.920 bits per heavy atom. The molecule has 0 aliphatic rings. The summed E-state index contributed by atoms with van der Waals surface area (Å²) in [6.45, 7) is 1.94. The number of anilines is 1. The second-order valence-electron chi connectivity index (χ2n) is 4.91. The normalized spacial score (nSPS) is 9.80. The molecule has 25 heavy (non-hydrogen) atoms. The third-order valence-corrected chi connectivity index (χ3v) is 3.10. The van der Waals surface area contributed by atoms with Crippen molar-refractivity contribution in [3.05, 3.63) is 65.7 Å². The van der Waals surface area contributed by atoms with Crippen LogP contribution in [0, 0.1) is 0 Å². The molecule has 3 amide bonds. The fourth-order valence-corrected chi connectivity index (χ4v) is 1.98. The van der Waals surface area contributed by atoms with Gasteiger partial charge in [0.2, 0.25) is 0 Å². The number of nitrogens with one attached hydrogen (secondary N) is 2. The highest BCUT2D eigenvalue weighted by Gasteiger charge is 2.15. The number of ether oxygens (including phenoxy) is 2. The number of imide groups is 1. The van der Waals surface area contributed by atoms with Crippen molar-refractivity contribution >= 4 is 23.8 Å². The number of amides is 3. The van der Waals surface area contributed by atoms with E-state index in [0.717, 1.165) is 5.56 Å². The molecule has 0 radical (unpaired) electrons. The summed E-state index contributed by atoms with van der Waals surface area (Å²) in [5.41, 5.74) is 1.22. The first-order chi connectivity index (χ1) is 12.1. The Hall–Kier alpha value is -3.35. The van der Waals surface area contributed by atoms with E-state index in [2.05, 4.69) is 5.32 Å². The van der Waals surface area contributed by atoms with Gasteiger partial charge in [0.1, 0.15) is 6.61 Å². The second kappa shape index (κ2) is 9.07. The van der Waals surface area contributed by atoms with E-state index in [1.165, 1.54) is 12.1 Å². The molecule has 0 saturated heterocycles. The van der Waals surface area contributed by atoms with Gasteiger partial charge in [0.25, 0.3) is 0 Å². The number of rotatable bonds is 5. The maximum absolute atomic E-state index is 11.9. The van der Waals surface area contributed by atoms with E-state index in [1.54, 1.807) is 31.2 Å². The molecule has 0 heterocycles. The van der Waals surface area contributed by atoms with Crippen LogP contribution in [0.25, 0.3) is 0 Å². The molecular weight excluding hydrogens is 324 g/mol. The average molecular weight is 342 g/mol. The zero-order valence-corrected chi connectivity index (χ0v) is 13.7. The first-order valence-corrected chi connectivity index (χ1v) is 7.65. The lowest BCUT2D eigenvalue weighted by Crippen LogP contribution is -2.35. The number of carbonyl (C=O) groups excluding carboxylic acids is 3. The van der Waals surface area contributed by atoms with Crippen LogP contribution in [0.3, 0.4) is 0 Å². The quantitative estimate of drug-likeness (QED) is 0.813. The number of urea groups is 1. The van der Waals surface area contributed by atoms with Gasteiger partial charge in [-0.05, 0) is 24.6 Å².